The fourth-order valence-corrected chi connectivity index (χ4v) is 6.82. The minimum Gasteiger partial charge on any atom is -0.485 e. The zero-order valence-corrected chi connectivity index (χ0v) is 28.9. The van der Waals surface area contributed by atoms with E-state index in [1.807, 2.05) is 56.6 Å². The summed E-state index contributed by atoms with van der Waals surface area (Å²) in [7, 11) is -3.02. The number of aromatic nitrogens is 1. The zero-order valence-electron chi connectivity index (χ0n) is 28.0. The van der Waals surface area contributed by atoms with Gasteiger partial charge in [-0.3, -0.25) is 4.57 Å². The molecule has 0 aliphatic rings. The van der Waals surface area contributed by atoms with Gasteiger partial charge in [-0.1, -0.05) is 93.6 Å². The van der Waals surface area contributed by atoms with Gasteiger partial charge in [0, 0.05) is 18.6 Å². The largest absolute Gasteiger partial charge is 0.485 e. The third kappa shape index (κ3) is 10.4. The second-order valence-corrected chi connectivity index (χ2v) is 14.1. The molecule has 0 saturated carbocycles. The number of ether oxygens (including phenoxy) is 2. The molecule has 0 N–H and O–H groups in total. The highest BCUT2D eigenvalue weighted by molar-refractivity contribution is 7.53. The lowest BCUT2D eigenvalue weighted by atomic mass is 9.80. The summed E-state index contributed by atoms with van der Waals surface area (Å²) in [5.74, 6) is 1.43. The quantitative estimate of drug-likeness (QED) is 0.0799. The van der Waals surface area contributed by atoms with Crippen molar-refractivity contribution in [3.05, 3.63) is 125 Å². The van der Waals surface area contributed by atoms with Gasteiger partial charge in [-0.25, -0.2) is 4.57 Å². The van der Waals surface area contributed by atoms with Gasteiger partial charge >= 0.3 is 7.60 Å². The molecule has 0 fully saturated rings. The molecule has 0 amide bonds. The molecule has 4 aromatic rings. The van der Waals surface area contributed by atoms with Crippen LogP contribution in [0.2, 0.25) is 0 Å². The first-order chi connectivity index (χ1) is 22.2. The molecule has 1 aromatic heterocycles. The van der Waals surface area contributed by atoms with Crippen LogP contribution in [0.5, 0.6) is 11.5 Å². The van der Waals surface area contributed by atoms with Gasteiger partial charge in [0.2, 0.25) is 0 Å². The normalized spacial score (nSPS) is 12.0. The molecule has 0 aliphatic heterocycles. The molecular weight excluding hydrogens is 593 g/mol. The lowest BCUT2D eigenvalue weighted by Gasteiger charge is -2.26. The highest BCUT2D eigenvalue weighted by Crippen LogP contribution is 2.48. The topological polar surface area (TPSA) is 57.9 Å². The first-order valence-corrected chi connectivity index (χ1v) is 18.1. The van der Waals surface area contributed by atoms with Crippen LogP contribution >= 0.6 is 7.60 Å². The molecule has 0 spiro atoms. The van der Waals surface area contributed by atoms with Gasteiger partial charge in [-0.05, 0) is 65.6 Å². The highest BCUT2D eigenvalue weighted by Gasteiger charge is 2.24. The molecule has 244 valence electrons. The molecule has 0 bridgehead atoms. The summed E-state index contributed by atoms with van der Waals surface area (Å²) < 4.78 is 38.4. The van der Waals surface area contributed by atoms with Crippen LogP contribution in [0.15, 0.2) is 97.3 Å². The van der Waals surface area contributed by atoms with Gasteiger partial charge in [-0.2, -0.15) is 0 Å². The summed E-state index contributed by atoms with van der Waals surface area (Å²) in [4.78, 5) is 0. The van der Waals surface area contributed by atoms with Crippen molar-refractivity contribution in [1.29, 1.82) is 0 Å². The fourth-order valence-electron chi connectivity index (χ4n) is 5.18. The number of pyridine rings is 1. The van der Waals surface area contributed by atoms with Gasteiger partial charge in [0.15, 0.2) is 23.9 Å². The van der Waals surface area contributed by atoms with E-state index in [4.69, 9.17) is 18.5 Å². The SMILES string of the molecule is CCOP(=O)(CCC[n+]1ccc(C=Cc2ccc(OCc3ccccc3C(C)(C)CC)c(OCc3ccccc3)c2)cc1)OCC. The molecule has 4 rings (SSSR count). The Morgan fingerprint density at radius 1 is 0.739 bits per heavy atom. The van der Waals surface area contributed by atoms with Gasteiger partial charge in [0.05, 0.1) is 19.4 Å². The van der Waals surface area contributed by atoms with Crippen molar-refractivity contribution >= 4 is 19.7 Å². The lowest BCUT2D eigenvalue weighted by Crippen LogP contribution is -2.33. The van der Waals surface area contributed by atoms with E-state index in [0.29, 0.717) is 44.8 Å². The Hall–Kier alpha value is -3.70. The molecule has 0 atom stereocenters. The predicted molar refractivity (Wildman–Crippen MR) is 187 cm³/mol. The number of hydrogen-bond acceptors (Lipinski definition) is 5. The Labute approximate surface area is 275 Å². The highest BCUT2D eigenvalue weighted by atomic mass is 31.2. The average Bonchev–Trinajstić information content (AvgIpc) is 3.07. The number of benzene rings is 3. The van der Waals surface area contributed by atoms with Crippen molar-refractivity contribution in [1.82, 2.24) is 0 Å². The van der Waals surface area contributed by atoms with Gasteiger partial charge in [0.25, 0.3) is 0 Å². The van der Waals surface area contributed by atoms with Crippen molar-refractivity contribution in [2.45, 2.75) is 72.6 Å². The molecule has 0 unspecified atom stereocenters. The van der Waals surface area contributed by atoms with E-state index in [2.05, 4.69) is 92.1 Å². The van der Waals surface area contributed by atoms with Crippen molar-refractivity contribution in [3.63, 3.8) is 0 Å². The maximum absolute atomic E-state index is 12.7. The number of aryl methyl sites for hydroxylation is 1. The summed E-state index contributed by atoms with van der Waals surface area (Å²) >= 11 is 0. The Morgan fingerprint density at radius 3 is 2.09 bits per heavy atom. The second kappa shape index (κ2) is 17.3. The Kier molecular flexibility index (Phi) is 13.2. The maximum Gasteiger partial charge on any atom is 0.330 e. The van der Waals surface area contributed by atoms with E-state index in [0.717, 1.165) is 35.4 Å². The van der Waals surface area contributed by atoms with Gasteiger partial charge in [-0.15, -0.1) is 0 Å². The first-order valence-electron chi connectivity index (χ1n) is 16.3. The molecule has 0 radical (unpaired) electrons. The molecule has 0 aliphatic carbocycles. The summed E-state index contributed by atoms with van der Waals surface area (Å²) in [5.41, 5.74) is 5.75. The maximum atomic E-state index is 12.7. The van der Waals surface area contributed by atoms with Crippen LogP contribution in [0.3, 0.4) is 0 Å². The van der Waals surface area contributed by atoms with Crippen LogP contribution in [0, 0.1) is 0 Å². The summed E-state index contributed by atoms with van der Waals surface area (Å²) in [6, 6.07) is 28.9. The van der Waals surface area contributed by atoms with E-state index < -0.39 is 7.60 Å². The standard InChI is InChI=1S/C39H49NO5P/c1-6-39(4,5)36-18-13-12-17-35(36)31-43-37-22-21-33(29-38(37)42-30-34-15-10-9-11-16-34)20-19-32-23-26-40(27-24-32)25-14-28-46(41,44-7-2)45-8-3/h9-13,15-24,26-27,29H,6-8,14,25,28,30-31H2,1-5H3/q+1. The third-order valence-electron chi connectivity index (χ3n) is 8.10. The molecule has 6 nitrogen and oxygen atoms in total. The van der Waals surface area contributed by atoms with Crippen molar-refractivity contribution < 1.29 is 27.7 Å². The summed E-state index contributed by atoms with van der Waals surface area (Å²) in [6.07, 6.45) is 10.4. The Bertz CT molecular complexity index is 1570. The Balaban J connectivity index is 1.45. The summed E-state index contributed by atoms with van der Waals surface area (Å²) in [5, 5.41) is 0. The minimum atomic E-state index is -3.02. The first kappa shape index (κ1) is 35.2. The van der Waals surface area contributed by atoms with Crippen LogP contribution in [0.25, 0.3) is 12.2 Å². The Morgan fingerprint density at radius 2 is 1.39 bits per heavy atom. The van der Waals surface area contributed by atoms with E-state index in [-0.39, 0.29) is 5.41 Å². The minimum absolute atomic E-state index is 0.0647. The van der Waals surface area contributed by atoms with Crippen LogP contribution in [-0.4, -0.2) is 19.4 Å². The van der Waals surface area contributed by atoms with Crippen LogP contribution in [0.4, 0.5) is 0 Å². The fraction of sp³-hybridized carbons (Fsp3) is 0.359. The van der Waals surface area contributed by atoms with E-state index in [9.17, 15) is 4.57 Å². The number of nitrogens with zero attached hydrogens (tertiary/aromatic N) is 1. The monoisotopic (exact) mass is 642 g/mol. The van der Waals surface area contributed by atoms with Crippen LogP contribution in [0.1, 0.15) is 75.3 Å². The van der Waals surface area contributed by atoms with Crippen LogP contribution < -0.4 is 14.0 Å². The third-order valence-corrected chi connectivity index (χ3v) is 10.3. The van der Waals surface area contributed by atoms with Gasteiger partial charge in [0.1, 0.15) is 19.8 Å². The second-order valence-electron chi connectivity index (χ2n) is 11.9. The molecule has 1 heterocycles. The van der Waals surface area contributed by atoms with Crippen molar-refractivity contribution in [2.75, 3.05) is 19.4 Å². The summed E-state index contributed by atoms with van der Waals surface area (Å²) in [6.45, 7) is 12.9. The molecule has 0 saturated heterocycles. The molecule has 46 heavy (non-hydrogen) atoms. The molecule has 3 aromatic carbocycles. The van der Waals surface area contributed by atoms with Crippen molar-refractivity contribution in [2.24, 2.45) is 0 Å². The smallest absolute Gasteiger partial charge is 0.330 e. The zero-order chi connectivity index (χ0) is 32.8. The van der Waals surface area contributed by atoms with E-state index in [1.165, 1.54) is 11.1 Å². The average molecular weight is 643 g/mol. The van der Waals surface area contributed by atoms with Crippen LogP contribution in [-0.2, 0) is 38.8 Å². The van der Waals surface area contributed by atoms with E-state index in [1.54, 1.807) is 0 Å². The molecular formula is C39H49NO5P+. The molecule has 7 heteroatoms. The lowest BCUT2D eigenvalue weighted by molar-refractivity contribution is -0.696. The predicted octanol–water partition coefficient (Wildman–Crippen LogP) is 9.65. The number of rotatable bonds is 18. The van der Waals surface area contributed by atoms with E-state index >= 15 is 0 Å². The van der Waals surface area contributed by atoms with Crippen molar-refractivity contribution in [3.8, 4) is 11.5 Å². The van der Waals surface area contributed by atoms with Gasteiger partial charge < -0.3 is 18.5 Å². The number of hydrogen-bond donors (Lipinski definition) is 0.